The lowest BCUT2D eigenvalue weighted by molar-refractivity contribution is 0.129. The Morgan fingerprint density at radius 2 is 1.95 bits per heavy atom. The number of rotatable bonds is 4. The topological polar surface area (TPSA) is 43.4 Å². The summed E-state index contributed by atoms with van der Waals surface area (Å²) < 4.78 is 29.1. The zero-order chi connectivity index (χ0) is 14.8. The van der Waals surface area contributed by atoms with E-state index in [-0.39, 0.29) is 11.0 Å². The van der Waals surface area contributed by atoms with E-state index in [0.717, 1.165) is 18.8 Å². The summed E-state index contributed by atoms with van der Waals surface area (Å²) in [5, 5.41) is 0. The first-order chi connectivity index (χ1) is 9.40. The Bertz CT molecular complexity index is 566. The van der Waals surface area contributed by atoms with E-state index in [4.69, 9.17) is 15.4 Å². The molecule has 0 bridgehead atoms. The fourth-order valence-corrected chi connectivity index (χ4v) is 3.97. The van der Waals surface area contributed by atoms with Gasteiger partial charge in [-0.05, 0) is 65.7 Å². The molecule has 1 aromatic carbocycles. The molecule has 0 aliphatic heterocycles. The molecule has 0 unspecified atom stereocenters. The summed E-state index contributed by atoms with van der Waals surface area (Å²) in [6.45, 7) is 2.23. The number of ether oxygens (including phenoxy) is 1. The first-order valence-corrected chi connectivity index (χ1v) is 9.91. The molecule has 0 aromatic heterocycles. The van der Waals surface area contributed by atoms with Crippen LogP contribution in [0.25, 0.3) is 0 Å². The third kappa shape index (κ3) is 4.12. The van der Waals surface area contributed by atoms with Gasteiger partial charge in [-0.2, -0.15) is 0 Å². The van der Waals surface area contributed by atoms with Crippen molar-refractivity contribution in [3.8, 4) is 5.75 Å². The predicted octanol–water partition coefficient (Wildman–Crippen LogP) is 4.72. The third-order valence-corrected chi connectivity index (χ3v) is 5.82. The Kier molecular flexibility index (Phi) is 5.37. The Balaban J connectivity index is 2.04. The monoisotopic (exact) mass is 380 g/mol. The van der Waals surface area contributed by atoms with E-state index in [2.05, 4.69) is 22.9 Å². The average molecular weight is 382 g/mol. The van der Waals surface area contributed by atoms with Crippen LogP contribution in [0.4, 0.5) is 0 Å². The normalized spacial score (nSPS) is 23.6. The van der Waals surface area contributed by atoms with Crippen LogP contribution >= 0.6 is 26.6 Å². The van der Waals surface area contributed by atoms with Crippen LogP contribution in [0.5, 0.6) is 5.75 Å². The highest BCUT2D eigenvalue weighted by atomic mass is 79.9. The van der Waals surface area contributed by atoms with Crippen molar-refractivity contribution in [3.05, 3.63) is 22.7 Å². The molecule has 0 spiro atoms. The molecule has 1 aliphatic carbocycles. The van der Waals surface area contributed by atoms with Crippen LogP contribution in [0.3, 0.4) is 0 Å². The van der Waals surface area contributed by atoms with Gasteiger partial charge in [0.2, 0.25) is 0 Å². The maximum absolute atomic E-state index is 11.3. The number of halogens is 2. The molecule has 2 rings (SSSR count). The van der Waals surface area contributed by atoms with Crippen molar-refractivity contribution in [1.82, 2.24) is 0 Å². The molecule has 1 fully saturated rings. The zero-order valence-electron chi connectivity index (χ0n) is 11.3. The molecule has 20 heavy (non-hydrogen) atoms. The quantitative estimate of drug-likeness (QED) is 0.708. The molecule has 6 heteroatoms. The minimum Gasteiger partial charge on any atom is -0.489 e. The summed E-state index contributed by atoms with van der Waals surface area (Å²) in [5.74, 6) is 1.50. The molecule has 0 heterocycles. The van der Waals surface area contributed by atoms with Gasteiger partial charge >= 0.3 is 0 Å². The predicted molar refractivity (Wildman–Crippen MR) is 83.8 cm³/mol. The maximum atomic E-state index is 11.3. The lowest BCUT2D eigenvalue weighted by atomic mass is 9.86. The van der Waals surface area contributed by atoms with Crippen molar-refractivity contribution in [3.63, 3.8) is 0 Å². The van der Waals surface area contributed by atoms with E-state index in [1.54, 1.807) is 6.07 Å². The molecule has 0 amide bonds. The molecule has 1 aromatic rings. The molecule has 0 atom stereocenters. The second-order valence-corrected chi connectivity index (χ2v) is 8.62. The molecule has 0 N–H and O–H groups in total. The Labute approximate surface area is 133 Å². The minimum absolute atomic E-state index is 0.0769. The van der Waals surface area contributed by atoms with E-state index >= 15 is 0 Å². The number of hydrogen-bond donors (Lipinski definition) is 0. The van der Waals surface area contributed by atoms with Crippen molar-refractivity contribution in [2.45, 2.75) is 50.0 Å². The molecule has 0 saturated heterocycles. The van der Waals surface area contributed by atoms with Gasteiger partial charge < -0.3 is 4.74 Å². The molecule has 3 nitrogen and oxygen atoms in total. The Morgan fingerprint density at radius 1 is 1.30 bits per heavy atom. The van der Waals surface area contributed by atoms with Gasteiger partial charge in [-0.3, -0.25) is 0 Å². The Morgan fingerprint density at radius 3 is 2.45 bits per heavy atom. The smallest absolute Gasteiger partial charge is 0.261 e. The van der Waals surface area contributed by atoms with E-state index in [9.17, 15) is 8.42 Å². The van der Waals surface area contributed by atoms with Gasteiger partial charge in [0.25, 0.3) is 9.05 Å². The second-order valence-electron chi connectivity index (χ2n) is 5.20. The van der Waals surface area contributed by atoms with E-state index in [1.165, 1.54) is 31.4 Å². The molecule has 0 radical (unpaired) electrons. The van der Waals surface area contributed by atoms with Gasteiger partial charge in [0.15, 0.2) is 0 Å². The second kappa shape index (κ2) is 6.67. The van der Waals surface area contributed by atoms with E-state index < -0.39 is 9.05 Å². The zero-order valence-corrected chi connectivity index (χ0v) is 14.5. The fraction of sp³-hybridized carbons (Fsp3) is 0.571. The first kappa shape index (κ1) is 16.1. The highest BCUT2D eigenvalue weighted by molar-refractivity contribution is 9.10. The van der Waals surface area contributed by atoms with Crippen LogP contribution in [0.1, 0.15) is 39.0 Å². The van der Waals surface area contributed by atoms with Gasteiger partial charge in [-0.25, -0.2) is 8.42 Å². The van der Waals surface area contributed by atoms with Crippen molar-refractivity contribution < 1.29 is 13.2 Å². The highest BCUT2D eigenvalue weighted by Crippen LogP contribution is 2.34. The number of hydrogen-bond acceptors (Lipinski definition) is 3. The standard InChI is InChI=1S/C14H18BrClO3S/c1-2-10-3-5-11(6-4-10)19-14-8-7-12(9-13(14)15)20(16,17)18/h7-11H,2-6H2,1H3. The summed E-state index contributed by atoms with van der Waals surface area (Å²) in [4.78, 5) is 0.0769. The van der Waals surface area contributed by atoms with Crippen LogP contribution in [-0.2, 0) is 9.05 Å². The lowest BCUT2D eigenvalue weighted by Crippen LogP contribution is -2.24. The fourth-order valence-electron chi connectivity index (χ4n) is 2.57. The maximum Gasteiger partial charge on any atom is 0.261 e. The van der Waals surface area contributed by atoms with Crippen molar-refractivity contribution in [2.75, 3.05) is 0 Å². The van der Waals surface area contributed by atoms with Crippen molar-refractivity contribution in [2.24, 2.45) is 5.92 Å². The summed E-state index contributed by atoms with van der Waals surface area (Å²) in [6.07, 6.45) is 5.96. The van der Waals surface area contributed by atoms with Crippen LogP contribution in [0.15, 0.2) is 27.6 Å². The molecule has 1 saturated carbocycles. The lowest BCUT2D eigenvalue weighted by Gasteiger charge is -2.28. The van der Waals surface area contributed by atoms with E-state index in [1.807, 2.05) is 0 Å². The van der Waals surface area contributed by atoms with Gasteiger partial charge in [0.05, 0.1) is 15.5 Å². The SMILES string of the molecule is CCC1CCC(Oc2ccc(S(=O)(=O)Cl)cc2Br)CC1. The summed E-state index contributed by atoms with van der Waals surface area (Å²) in [5.41, 5.74) is 0. The van der Waals surface area contributed by atoms with Gasteiger partial charge in [0, 0.05) is 10.7 Å². The van der Waals surface area contributed by atoms with E-state index in [0.29, 0.717) is 10.2 Å². The largest absolute Gasteiger partial charge is 0.489 e. The van der Waals surface area contributed by atoms with Crippen LogP contribution in [0.2, 0.25) is 0 Å². The summed E-state index contributed by atoms with van der Waals surface area (Å²) >= 11 is 3.34. The van der Waals surface area contributed by atoms with Crippen molar-refractivity contribution in [1.29, 1.82) is 0 Å². The van der Waals surface area contributed by atoms with Crippen LogP contribution in [0, 0.1) is 5.92 Å². The van der Waals surface area contributed by atoms with Gasteiger partial charge in [-0.15, -0.1) is 0 Å². The molecular weight excluding hydrogens is 364 g/mol. The molecular formula is C14H18BrClO3S. The van der Waals surface area contributed by atoms with Crippen LogP contribution in [-0.4, -0.2) is 14.5 Å². The van der Waals surface area contributed by atoms with Gasteiger partial charge in [-0.1, -0.05) is 13.3 Å². The average Bonchev–Trinajstić information content (AvgIpc) is 2.41. The summed E-state index contributed by atoms with van der Waals surface area (Å²) in [6, 6.07) is 4.61. The number of benzene rings is 1. The minimum atomic E-state index is -3.70. The molecule has 112 valence electrons. The van der Waals surface area contributed by atoms with Crippen LogP contribution < -0.4 is 4.74 Å². The highest BCUT2D eigenvalue weighted by Gasteiger charge is 2.22. The molecule has 1 aliphatic rings. The first-order valence-electron chi connectivity index (χ1n) is 6.81. The third-order valence-electron chi connectivity index (χ3n) is 3.85. The summed E-state index contributed by atoms with van der Waals surface area (Å²) in [7, 11) is 1.62. The van der Waals surface area contributed by atoms with Gasteiger partial charge in [0.1, 0.15) is 5.75 Å². The van der Waals surface area contributed by atoms with Crippen molar-refractivity contribution >= 4 is 35.7 Å². The Hall–Kier alpha value is -0.260.